The van der Waals surface area contributed by atoms with Gasteiger partial charge in [-0.25, -0.2) is 9.18 Å². The molecule has 0 aliphatic carbocycles. The zero-order valence-electron chi connectivity index (χ0n) is 13.3. The molecule has 0 saturated carbocycles. The van der Waals surface area contributed by atoms with E-state index in [-0.39, 0.29) is 42.1 Å². The van der Waals surface area contributed by atoms with Crippen molar-refractivity contribution in [2.45, 2.75) is 13.2 Å². The van der Waals surface area contributed by atoms with Gasteiger partial charge in [-0.1, -0.05) is 5.16 Å². The molecule has 1 heterocycles. The number of carbonyl (C=O) groups is 1. The molecule has 3 rings (SSSR count). The van der Waals surface area contributed by atoms with Crippen LogP contribution < -0.4 is 4.74 Å². The third kappa shape index (κ3) is 4.26. The Bertz CT molecular complexity index is 910. The number of esters is 1. The molecule has 0 aliphatic rings. The highest BCUT2D eigenvalue weighted by molar-refractivity contribution is 5.92. The Kier molecular flexibility index (Phi) is 4.97. The topological polar surface area (TPSA) is 115 Å². The lowest BCUT2D eigenvalue weighted by atomic mass is 10.2. The summed E-state index contributed by atoms with van der Waals surface area (Å²) < 4.78 is 28.1. The van der Waals surface area contributed by atoms with E-state index in [1.54, 1.807) is 0 Å². The number of carbonyl (C=O) groups excluding carboxylic acids is 1. The first kappa shape index (κ1) is 17.2. The van der Waals surface area contributed by atoms with E-state index in [1.165, 1.54) is 36.4 Å². The smallest absolute Gasteiger partial charge is 0.342 e. The quantitative estimate of drug-likeness (QED) is 0.645. The number of benzene rings is 2. The van der Waals surface area contributed by atoms with Crippen LogP contribution in [0.15, 0.2) is 47.0 Å². The molecule has 0 bridgehead atoms. The lowest BCUT2D eigenvalue weighted by Gasteiger charge is -2.04. The van der Waals surface area contributed by atoms with Crippen LogP contribution in [0, 0.1) is 5.82 Å². The Labute approximate surface area is 146 Å². The van der Waals surface area contributed by atoms with Crippen molar-refractivity contribution in [1.82, 2.24) is 10.1 Å². The van der Waals surface area contributed by atoms with Gasteiger partial charge in [-0.05, 0) is 36.4 Å². The van der Waals surface area contributed by atoms with Gasteiger partial charge in [0.25, 0.3) is 5.89 Å². The number of aromatic nitrogens is 2. The zero-order valence-corrected chi connectivity index (χ0v) is 13.3. The van der Waals surface area contributed by atoms with Crippen molar-refractivity contribution < 1.29 is 33.4 Å². The average Bonchev–Trinajstić information content (AvgIpc) is 3.07. The van der Waals surface area contributed by atoms with Crippen LogP contribution in [0.2, 0.25) is 0 Å². The van der Waals surface area contributed by atoms with Crippen LogP contribution in [0.1, 0.15) is 22.1 Å². The van der Waals surface area contributed by atoms with E-state index in [2.05, 4.69) is 10.1 Å². The zero-order chi connectivity index (χ0) is 18.5. The summed E-state index contributed by atoms with van der Waals surface area (Å²) in [5, 5.41) is 22.5. The fourth-order valence-electron chi connectivity index (χ4n) is 1.98. The summed E-state index contributed by atoms with van der Waals surface area (Å²) in [6.07, 6.45) is 0. The summed E-state index contributed by atoms with van der Waals surface area (Å²) in [5.41, 5.74) is -0.109. The van der Waals surface area contributed by atoms with E-state index in [4.69, 9.17) is 14.0 Å². The molecule has 0 fully saturated rings. The number of nitrogens with zero attached hydrogens (tertiary/aromatic N) is 2. The standard InChI is InChI=1S/C17H13FN2O6/c18-10-1-4-12(5-2-10)24-8-15-19-16(26-20-15)9-25-17(23)13-6-3-11(21)7-14(13)22/h1-7,21-22H,8-9H2. The van der Waals surface area contributed by atoms with Crippen molar-refractivity contribution >= 4 is 5.97 Å². The van der Waals surface area contributed by atoms with Gasteiger partial charge < -0.3 is 24.2 Å². The van der Waals surface area contributed by atoms with Crippen LogP contribution in [-0.4, -0.2) is 26.3 Å². The van der Waals surface area contributed by atoms with Gasteiger partial charge in [0.1, 0.15) is 28.6 Å². The first-order chi connectivity index (χ1) is 12.5. The van der Waals surface area contributed by atoms with Crippen LogP contribution in [0.5, 0.6) is 17.2 Å². The molecule has 2 N–H and O–H groups in total. The molecular formula is C17H13FN2O6. The van der Waals surface area contributed by atoms with E-state index in [1.807, 2.05) is 0 Å². The predicted octanol–water partition coefficient (Wildman–Crippen LogP) is 2.56. The maximum absolute atomic E-state index is 12.8. The van der Waals surface area contributed by atoms with Crippen molar-refractivity contribution in [3.05, 3.63) is 65.6 Å². The first-order valence-corrected chi connectivity index (χ1v) is 7.40. The highest BCUT2D eigenvalue weighted by atomic mass is 19.1. The average molecular weight is 360 g/mol. The summed E-state index contributed by atoms with van der Waals surface area (Å²) in [7, 11) is 0. The van der Waals surface area contributed by atoms with E-state index < -0.39 is 11.7 Å². The van der Waals surface area contributed by atoms with Gasteiger partial charge in [-0.2, -0.15) is 4.98 Å². The summed E-state index contributed by atoms with van der Waals surface area (Å²) in [6, 6.07) is 8.93. The predicted molar refractivity (Wildman–Crippen MR) is 83.9 cm³/mol. The van der Waals surface area contributed by atoms with Gasteiger partial charge in [-0.15, -0.1) is 0 Å². The number of hydrogen-bond acceptors (Lipinski definition) is 8. The van der Waals surface area contributed by atoms with E-state index in [0.29, 0.717) is 5.75 Å². The summed E-state index contributed by atoms with van der Waals surface area (Å²) in [4.78, 5) is 15.9. The Hall–Kier alpha value is -3.62. The number of rotatable bonds is 6. The van der Waals surface area contributed by atoms with Crippen LogP contribution in [0.25, 0.3) is 0 Å². The molecule has 3 aromatic rings. The van der Waals surface area contributed by atoms with Crippen molar-refractivity contribution in [3.8, 4) is 17.2 Å². The van der Waals surface area contributed by atoms with Crippen molar-refractivity contribution in [3.63, 3.8) is 0 Å². The minimum absolute atomic E-state index is 0.0121. The largest absolute Gasteiger partial charge is 0.508 e. The molecule has 0 saturated heterocycles. The molecule has 0 radical (unpaired) electrons. The summed E-state index contributed by atoms with van der Waals surface area (Å²) in [6.45, 7) is -0.315. The van der Waals surface area contributed by atoms with E-state index >= 15 is 0 Å². The monoisotopic (exact) mass is 360 g/mol. The molecule has 0 spiro atoms. The van der Waals surface area contributed by atoms with Crippen LogP contribution in [-0.2, 0) is 18.0 Å². The van der Waals surface area contributed by atoms with Gasteiger partial charge >= 0.3 is 5.97 Å². The second-order valence-corrected chi connectivity index (χ2v) is 5.12. The molecule has 1 aromatic heterocycles. The van der Waals surface area contributed by atoms with Crippen molar-refractivity contribution in [2.75, 3.05) is 0 Å². The maximum Gasteiger partial charge on any atom is 0.342 e. The molecule has 8 nitrogen and oxygen atoms in total. The SMILES string of the molecule is O=C(OCc1nc(COc2ccc(F)cc2)no1)c1ccc(O)cc1O. The minimum atomic E-state index is -0.815. The third-order valence-electron chi connectivity index (χ3n) is 3.22. The van der Waals surface area contributed by atoms with Gasteiger partial charge in [0, 0.05) is 6.07 Å². The molecule has 0 aliphatic heterocycles. The molecule has 0 amide bonds. The molecule has 0 atom stereocenters. The Morgan fingerprint density at radius 1 is 1.12 bits per heavy atom. The Balaban J connectivity index is 1.53. The number of aromatic hydroxyl groups is 2. The first-order valence-electron chi connectivity index (χ1n) is 7.40. The molecular weight excluding hydrogens is 347 g/mol. The Morgan fingerprint density at radius 2 is 1.88 bits per heavy atom. The van der Waals surface area contributed by atoms with Crippen molar-refractivity contribution in [2.24, 2.45) is 0 Å². The number of ether oxygens (including phenoxy) is 2. The molecule has 134 valence electrons. The van der Waals surface area contributed by atoms with Gasteiger partial charge in [0.05, 0.1) is 0 Å². The number of phenols is 2. The number of hydrogen-bond donors (Lipinski definition) is 2. The molecule has 9 heteroatoms. The van der Waals surface area contributed by atoms with Gasteiger partial charge in [0.15, 0.2) is 13.2 Å². The number of phenolic OH excluding ortho intramolecular Hbond substituents is 2. The van der Waals surface area contributed by atoms with Crippen LogP contribution in [0.3, 0.4) is 0 Å². The second-order valence-electron chi connectivity index (χ2n) is 5.12. The van der Waals surface area contributed by atoms with Crippen LogP contribution in [0.4, 0.5) is 4.39 Å². The second kappa shape index (κ2) is 7.51. The van der Waals surface area contributed by atoms with E-state index in [9.17, 15) is 19.4 Å². The lowest BCUT2D eigenvalue weighted by molar-refractivity contribution is 0.0426. The van der Waals surface area contributed by atoms with Crippen molar-refractivity contribution in [1.29, 1.82) is 0 Å². The van der Waals surface area contributed by atoms with Gasteiger partial charge in [0.2, 0.25) is 5.82 Å². The minimum Gasteiger partial charge on any atom is -0.508 e. The van der Waals surface area contributed by atoms with Crippen LogP contribution >= 0.6 is 0 Å². The maximum atomic E-state index is 12.8. The van der Waals surface area contributed by atoms with Gasteiger partial charge in [-0.3, -0.25) is 0 Å². The summed E-state index contributed by atoms with van der Waals surface area (Å²) in [5.74, 6) is -1.09. The molecule has 26 heavy (non-hydrogen) atoms. The number of halogens is 1. The normalized spacial score (nSPS) is 10.5. The highest BCUT2D eigenvalue weighted by Gasteiger charge is 2.15. The molecule has 0 unspecified atom stereocenters. The fourth-order valence-corrected chi connectivity index (χ4v) is 1.98. The van der Waals surface area contributed by atoms with E-state index in [0.717, 1.165) is 6.07 Å². The highest BCUT2D eigenvalue weighted by Crippen LogP contribution is 2.23. The summed E-state index contributed by atoms with van der Waals surface area (Å²) >= 11 is 0. The third-order valence-corrected chi connectivity index (χ3v) is 3.22. The fraction of sp³-hybridized carbons (Fsp3) is 0.118. The molecule has 2 aromatic carbocycles. The Morgan fingerprint density at radius 3 is 2.62 bits per heavy atom. The lowest BCUT2D eigenvalue weighted by Crippen LogP contribution is -2.06.